The minimum Gasteiger partial charge on any atom is -0.393 e. The number of carbonyl (C=O) groups is 1. The summed E-state index contributed by atoms with van der Waals surface area (Å²) in [6, 6.07) is 2.17. The van der Waals surface area contributed by atoms with Crippen LogP contribution in [0.2, 0.25) is 0 Å². The normalized spacial score (nSPS) is 25.1. The highest BCUT2D eigenvalue weighted by atomic mass is 16.5. The fourth-order valence-corrected chi connectivity index (χ4v) is 8.30. The number of carbonyl (C=O) groups excluding carboxylic acids is 1. The average molecular weight is 940 g/mol. The second-order valence-electron chi connectivity index (χ2n) is 28.3. The van der Waals surface area contributed by atoms with Crippen LogP contribution in [0.15, 0.2) is 0 Å². The summed E-state index contributed by atoms with van der Waals surface area (Å²) in [5.74, 6) is 4.77. The van der Waals surface area contributed by atoms with Gasteiger partial charge in [-0.1, -0.05) is 159 Å². The maximum Gasteiger partial charge on any atom is 0.220 e. The second-order valence-corrected chi connectivity index (χ2v) is 28.3. The van der Waals surface area contributed by atoms with Crippen molar-refractivity contribution in [2.75, 3.05) is 52.8 Å². The van der Waals surface area contributed by atoms with Crippen LogP contribution in [0, 0.1) is 90.7 Å². The zero-order chi connectivity index (χ0) is 52.3. The number of aliphatic hydroxyl groups is 2. The molecular formula is C57H114N2O7. The predicted octanol–water partition coefficient (Wildman–Crippen LogP) is 13.4. The standard InChI is InChI=1S/2C9H18O.C8H15NO.C8H15N.C8H16O2.C8H16O.C7H16O/c1-7(9(2,3)4)8-5-10-6-8;1-7-8(5-6-10-7)9(2,3)4;1-8(2,3)6-4-7(10)9-5-6;1-7(5-6-9)8(2,3)4;1-8(2,3)6-4-10-5-7(6)9;1-8(2,3)4-7-5-9-6-7;1-6(8)5-7(2,3)4/h2*7-8H,5-6H2,1-4H3;6H,4-5H2,1-3H3,(H,9,10);7H,5H2,1-4H3;6-7,9H,4-5H2,1-3H3;7H,4-6H2,1-3H3;6,8H,5H2,1-4H3. The highest BCUT2D eigenvalue weighted by molar-refractivity contribution is 5.78. The highest BCUT2D eigenvalue weighted by Crippen LogP contribution is 2.37. The molecule has 0 saturated carbocycles. The lowest BCUT2D eigenvalue weighted by Gasteiger charge is -2.39. The van der Waals surface area contributed by atoms with Gasteiger partial charge in [-0.2, -0.15) is 5.26 Å². The fraction of sp³-hybridized carbons (Fsp3) is 0.965. The summed E-state index contributed by atoms with van der Waals surface area (Å²) in [5.41, 5.74) is 2.39. The Morgan fingerprint density at radius 2 is 1.17 bits per heavy atom. The first-order chi connectivity index (χ1) is 29.5. The van der Waals surface area contributed by atoms with Crippen molar-refractivity contribution < 1.29 is 34.0 Å². The third-order valence-electron chi connectivity index (χ3n) is 14.0. The minimum absolute atomic E-state index is 0.157. The molecule has 9 heteroatoms. The van der Waals surface area contributed by atoms with E-state index in [0.717, 1.165) is 69.7 Å². The molecule has 5 fully saturated rings. The maximum absolute atomic E-state index is 10.8. The number of nitrogens with one attached hydrogen (secondary N) is 1. The van der Waals surface area contributed by atoms with E-state index in [9.17, 15) is 9.90 Å². The molecule has 394 valence electrons. The molecule has 1 amide bonds. The molecular weight excluding hydrogens is 825 g/mol. The fourth-order valence-electron chi connectivity index (χ4n) is 8.30. The topological polar surface area (TPSA) is 130 Å². The van der Waals surface area contributed by atoms with Crippen molar-refractivity contribution in [3.8, 4) is 6.07 Å². The number of nitriles is 1. The number of rotatable bonds is 4. The third-order valence-corrected chi connectivity index (χ3v) is 14.0. The van der Waals surface area contributed by atoms with Crippen LogP contribution in [0.3, 0.4) is 0 Å². The van der Waals surface area contributed by atoms with Crippen molar-refractivity contribution >= 4 is 5.91 Å². The minimum atomic E-state index is -0.250. The van der Waals surface area contributed by atoms with E-state index in [1.54, 1.807) is 0 Å². The van der Waals surface area contributed by atoms with Crippen molar-refractivity contribution in [1.29, 1.82) is 5.26 Å². The van der Waals surface area contributed by atoms with Gasteiger partial charge in [0.15, 0.2) is 0 Å². The van der Waals surface area contributed by atoms with E-state index in [0.29, 0.717) is 66.2 Å². The number of amides is 1. The van der Waals surface area contributed by atoms with Crippen molar-refractivity contribution in [3.63, 3.8) is 0 Å². The number of hydrogen-bond donors (Lipinski definition) is 3. The molecule has 9 nitrogen and oxygen atoms in total. The molecule has 0 aromatic heterocycles. The van der Waals surface area contributed by atoms with Gasteiger partial charge in [0.2, 0.25) is 5.91 Å². The molecule has 5 aliphatic heterocycles. The Morgan fingerprint density at radius 3 is 1.30 bits per heavy atom. The van der Waals surface area contributed by atoms with Crippen molar-refractivity contribution in [2.45, 2.75) is 224 Å². The smallest absolute Gasteiger partial charge is 0.220 e. The molecule has 0 aliphatic carbocycles. The number of aliphatic hydroxyl groups excluding tert-OH is 2. The Hall–Kier alpha value is -1.28. The molecule has 0 radical (unpaired) electrons. The first-order valence-corrected chi connectivity index (χ1v) is 25.9. The molecule has 5 rings (SSSR count). The van der Waals surface area contributed by atoms with Gasteiger partial charge in [0.25, 0.3) is 0 Å². The molecule has 3 N–H and O–H groups in total. The van der Waals surface area contributed by atoms with Crippen molar-refractivity contribution in [1.82, 2.24) is 5.32 Å². The van der Waals surface area contributed by atoms with Gasteiger partial charge in [0.05, 0.1) is 64.0 Å². The lowest BCUT2D eigenvalue weighted by atomic mass is 9.74. The van der Waals surface area contributed by atoms with Crippen LogP contribution in [0.1, 0.15) is 205 Å². The second kappa shape index (κ2) is 29.2. The maximum atomic E-state index is 10.8. The zero-order valence-corrected chi connectivity index (χ0v) is 48.3. The number of nitrogens with zero attached hydrogens (tertiary/aromatic N) is 1. The van der Waals surface area contributed by atoms with E-state index >= 15 is 0 Å². The van der Waals surface area contributed by atoms with E-state index in [1.165, 1.54) is 12.8 Å². The van der Waals surface area contributed by atoms with Crippen LogP contribution in [0.4, 0.5) is 0 Å². The molecule has 5 heterocycles. The van der Waals surface area contributed by atoms with Gasteiger partial charge >= 0.3 is 0 Å². The average Bonchev–Trinajstić information content (AvgIpc) is 3.82. The summed E-state index contributed by atoms with van der Waals surface area (Å²) < 4.78 is 20.9. The van der Waals surface area contributed by atoms with Gasteiger partial charge in [-0.25, -0.2) is 0 Å². The zero-order valence-electron chi connectivity index (χ0n) is 48.3. The van der Waals surface area contributed by atoms with Crippen LogP contribution >= 0.6 is 0 Å². The van der Waals surface area contributed by atoms with Gasteiger partial charge in [-0.05, 0) is 94.7 Å². The molecule has 0 aromatic carbocycles. The summed E-state index contributed by atoms with van der Waals surface area (Å²) in [6.45, 7) is 61.9. The first-order valence-electron chi connectivity index (χ1n) is 25.9. The molecule has 5 saturated heterocycles. The Morgan fingerprint density at radius 1 is 0.682 bits per heavy atom. The Kier molecular flexibility index (Phi) is 29.5. The summed E-state index contributed by atoms with van der Waals surface area (Å²) in [4.78, 5) is 10.8. The lowest BCUT2D eigenvalue weighted by molar-refractivity contribution is -0.119. The Balaban J connectivity index is 0. The number of ether oxygens (including phenoxy) is 4. The molecule has 0 spiro atoms. The molecule has 0 aromatic rings. The van der Waals surface area contributed by atoms with Gasteiger partial charge in [0, 0.05) is 43.7 Å². The van der Waals surface area contributed by atoms with Crippen LogP contribution < -0.4 is 5.32 Å². The van der Waals surface area contributed by atoms with Crippen LogP contribution in [0.5, 0.6) is 0 Å². The lowest BCUT2D eigenvalue weighted by Crippen LogP contribution is -2.38. The Labute approximate surface area is 410 Å². The van der Waals surface area contributed by atoms with E-state index in [1.807, 2.05) is 6.92 Å². The molecule has 8 unspecified atom stereocenters. The van der Waals surface area contributed by atoms with Gasteiger partial charge < -0.3 is 34.5 Å². The molecule has 5 aliphatic rings. The van der Waals surface area contributed by atoms with Crippen LogP contribution in [0.25, 0.3) is 0 Å². The summed E-state index contributed by atoms with van der Waals surface area (Å²) in [7, 11) is 0. The van der Waals surface area contributed by atoms with Crippen LogP contribution in [-0.4, -0.2) is 87.2 Å². The molecule has 0 bridgehead atoms. The van der Waals surface area contributed by atoms with E-state index < -0.39 is 0 Å². The van der Waals surface area contributed by atoms with E-state index in [4.69, 9.17) is 29.3 Å². The first kappa shape index (κ1) is 66.8. The quantitative estimate of drug-likeness (QED) is 0.254. The van der Waals surface area contributed by atoms with Gasteiger partial charge in [-0.3, -0.25) is 4.79 Å². The SMILES string of the molecule is CC(C)(C)C1CNC(=O)C1.CC(C)(C)C1COCC1O.CC(C)(C)CC1COC1.CC(C1COC1)C(C)(C)C.CC(CC#N)C(C)(C)C.CC(O)CC(C)(C)C.CC1OCCC1C(C)(C)C. The monoisotopic (exact) mass is 939 g/mol. The summed E-state index contributed by atoms with van der Waals surface area (Å²) >= 11 is 0. The highest BCUT2D eigenvalue weighted by Gasteiger charge is 2.36. The third kappa shape index (κ3) is 31.8. The van der Waals surface area contributed by atoms with Crippen LogP contribution in [-0.2, 0) is 23.7 Å². The van der Waals surface area contributed by atoms with E-state index in [2.05, 4.69) is 178 Å². The van der Waals surface area contributed by atoms with Crippen molar-refractivity contribution in [2.24, 2.45) is 79.3 Å². The van der Waals surface area contributed by atoms with Gasteiger partial charge in [0.1, 0.15) is 0 Å². The number of hydrogen-bond acceptors (Lipinski definition) is 8. The van der Waals surface area contributed by atoms with Gasteiger partial charge in [-0.15, -0.1) is 0 Å². The largest absolute Gasteiger partial charge is 0.393 e. The molecule has 8 atom stereocenters. The predicted molar refractivity (Wildman–Crippen MR) is 279 cm³/mol. The molecule has 66 heavy (non-hydrogen) atoms. The summed E-state index contributed by atoms with van der Waals surface area (Å²) in [5, 5.41) is 29.5. The van der Waals surface area contributed by atoms with E-state index in [-0.39, 0.29) is 39.8 Å². The summed E-state index contributed by atoms with van der Waals surface area (Å²) in [6.07, 6.45) is 4.88. The van der Waals surface area contributed by atoms with Crippen molar-refractivity contribution in [3.05, 3.63) is 0 Å². The Bertz CT molecular complexity index is 1290.